The molecule has 11 rings (SSSR count). The molecule has 5 nitrogen and oxygen atoms in total. The fourth-order valence-corrected chi connectivity index (χ4v) is 11.6. The van der Waals surface area contributed by atoms with Gasteiger partial charge >= 0.3 is 0 Å². The highest BCUT2D eigenvalue weighted by Crippen LogP contribution is 2.53. The maximum atomic E-state index is 14.2. The molecule has 0 saturated heterocycles. The van der Waals surface area contributed by atoms with Gasteiger partial charge in [0.05, 0.1) is 15.2 Å². The number of aromatic nitrogens is 3. The van der Waals surface area contributed by atoms with Gasteiger partial charge in [-0.3, -0.25) is 0 Å². The van der Waals surface area contributed by atoms with Gasteiger partial charge in [-0.05, 0) is 75.8 Å². The fraction of sp³-hybridized carbons (Fsp3) is 0.0192. The number of thiophene rings is 1. The Morgan fingerprint density at radius 2 is 0.864 bits per heavy atom. The van der Waals surface area contributed by atoms with Gasteiger partial charge in [-0.2, -0.15) is 0 Å². The van der Waals surface area contributed by atoms with E-state index in [1.165, 1.54) is 20.2 Å². The Balaban J connectivity index is 1.03. The molecule has 0 saturated carbocycles. The summed E-state index contributed by atoms with van der Waals surface area (Å²) in [6.45, 7) is 0. The van der Waals surface area contributed by atoms with Crippen molar-refractivity contribution < 1.29 is 8.42 Å². The van der Waals surface area contributed by atoms with Gasteiger partial charge in [0.1, 0.15) is 0 Å². The molecule has 0 radical (unpaired) electrons. The van der Waals surface area contributed by atoms with Crippen molar-refractivity contribution in [2.24, 2.45) is 0 Å². The van der Waals surface area contributed by atoms with Crippen LogP contribution in [0.4, 0.5) is 0 Å². The monoisotopic (exact) mass is 795 g/mol. The average Bonchev–Trinajstić information content (AvgIpc) is 3.68. The Morgan fingerprint density at radius 3 is 1.56 bits per heavy atom. The Morgan fingerprint density at radius 1 is 0.373 bits per heavy atom. The second kappa shape index (κ2) is 13.8. The molecule has 0 N–H and O–H groups in total. The highest BCUT2D eigenvalue weighted by atomic mass is 32.2. The summed E-state index contributed by atoms with van der Waals surface area (Å²) in [7, 11) is -3.76. The van der Waals surface area contributed by atoms with Crippen molar-refractivity contribution in [2.45, 2.75) is 15.2 Å². The highest BCUT2D eigenvalue weighted by molar-refractivity contribution is 7.91. The van der Waals surface area contributed by atoms with E-state index in [-0.39, 0.29) is 0 Å². The van der Waals surface area contributed by atoms with Crippen molar-refractivity contribution in [1.82, 2.24) is 15.0 Å². The normalized spacial score (nSPS) is 13.8. The molecule has 10 aromatic rings. The van der Waals surface area contributed by atoms with Crippen LogP contribution in [0.1, 0.15) is 22.3 Å². The third-order valence-corrected chi connectivity index (χ3v) is 14.5. The molecule has 2 aromatic heterocycles. The van der Waals surface area contributed by atoms with Crippen molar-refractivity contribution in [3.63, 3.8) is 0 Å². The second-order valence-electron chi connectivity index (χ2n) is 14.8. The summed E-state index contributed by atoms with van der Waals surface area (Å²) in [6, 6.07) is 66.9. The van der Waals surface area contributed by atoms with Crippen molar-refractivity contribution in [3.8, 4) is 45.3 Å². The lowest BCUT2D eigenvalue weighted by Crippen LogP contribution is -2.37. The van der Waals surface area contributed by atoms with Crippen LogP contribution in [0.2, 0.25) is 0 Å². The van der Waals surface area contributed by atoms with Crippen molar-refractivity contribution in [3.05, 3.63) is 222 Å². The zero-order chi connectivity index (χ0) is 39.6. The van der Waals surface area contributed by atoms with E-state index in [9.17, 15) is 8.42 Å². The Hall–Kier alpha value is -7.06. The maximum absolute atomic E-state index is 14.2. The third kappa shape index (κ3) is 5.65. The van der Waals surface area contributed by atoms with Crippen LogP contribution in [-0.2, 0) is 15.3 Å². The van der Waals surface area contributed by atoms with Crippen LogP contribution in [-0.4, -0.2) is 23.4 Å². The minimum absolute atomic E-state index is 0.326. The van der Waals surface area contributed by atoms with Gasteiger partial charge in [0.15, 0.2) is 17.5 Å². The molecule has 0 bridgehead atoms. The van der Waals surface area contributed by atoms with Gasteiger partial charge in [0, 0.05) is 36.9 Å². The molecule has 0 atom stereocenters. The number of hydrogen-bond donors (Lipinski definition) is 0. The predicted octanol–water partition coefficient (Wildman–Crippen LogP) is 12.4. The van der Waals surface area contributed by atoms with E-state index in [4.69, 9.17) is 15.0 Å². The van der Waals surface area contributed by atoms with Gasteiger partial charge in [0.2, 0.25) is 9.84 Å². The van der Waals surface area contributed by atoms with Gasteiger partial charge < -0.3 is 0 Å². The van der Waals surface area contributed by atoms with E-state index in [0.29, 0.717) is 27.3 Å². The fourth-order valence-electron chi connectivity index (χ4n) is 8.72. The number of rotatable bonds is 6. The van der Waals surface area contributed by atoms with E-state index in [2.05, 4.69) is 103 Å². The summed E-state index contributed by atoms with van der Waals surface area (Å²) >= 11 is 1.79. The third-order valence-electron chi connectivity index (χ3n) is 11.4. The molecule has 0 aliphatic carbocycles. The molecule has 0 amide bonds. The molecule has 8 aromatic carbocycles. The van der Waals surface area contributed by atoms with Crippen molar-refractivity contribution in [1.29, 1.82) is 0 Å². The van der Waals surface area contributed by atoms with Gasteiger partial charge in [-0.15, -0.1) is 11.3 Å². The van der Waals surface area contributed by atoms with E-state index >= 15 is 0 Å². The summed E-state index contributed by atoms with van der Waals surface area (Å²) in [6.07, 6.45) is 0. The minimum Gasteiger partial charge on any atom is -0.218 e. The van der Waals surface area contributed by atoms with E-state index in [1.807, 2.05) is 72.8 Å². The molecule has 280 valence electrons. The van der Waals surface area contributed by atoms with E-state index in [1.54, 1.807) is 35.6 Å². The quantitative estimate of drug-likeness (QED) is 0.168. The van der Waals surface area contributed by atoms with Gasteiger partial charge in [-0.1, -0.05) is 158 Å². The van der Waals surface area contributed by atoms with Gasteiger partial charge in [-0.25, -0.2) is 23.4 Å². The zero-order valence-electron chi connectivity index (χ0n) is 31.5. The number of nitrogens with zero attached hydrogens (tertiary/aromatic N) is 3. The van der Waals surface area contributed by atoms with Crippen LogP contribution in [0.3, 0.4) is 0 Å². The summed E-state index contributed by atoms with van der Waals surface area (Å²) in [5.74, 6) is 1.81. The predicted molar refractivity (Wildman–Crippen MR) is 238 cm³/mol. The van der Waals surface area contributed by atoms with Crippen LogP contribution >= 0.6 is 11.3 Å². The summed E-state index contributed by atoms with van der Waals surface area (Å²) < 4.78 is 30.8. The number of hydrogen-bond acceptors (Lipinski definition) is 6. The molecule has 1 aliphatic rings. The summed E-state index contributed by atoms with van der Waals surface area (Å²) in [5.41, 5.74) is 7.30. The topological polar surface area (TPSA) is 72.8 Å². The van der Waals surface area contributed by atoms with E-state index in [0.717, 1.165) is 50.1 Å². The molecule has 3 heterocycles. The number of sulfone groups is 1. The van der Waals surface area contributed by atoms with Crippen molar-refractivity contribution in [2.75, 3.05) is 0 Å². The first-order valence-electron chi connectivity index (χ1n) is 19.4. The zero-order valence-corrected chi connectivity index (χ0v) is 33.2. The van der Waals surface area contributed by atoms with Crippen LogP contribution in [0.5, 0.6) is 0 Å². The molecule has 7 heteroatoms. The average molecular weight is 796 g/mol. The first-order valence-corrected chi connectivity index (χ1v) is 21.7. The number of fused-ring (bicyclic) bond motifs is 5. The maximum Gasteiger partial charge on any atom is 0.207 e. The van der Waals surface area contributed by atoms with Crippen LogP contribution in [0.25, 0.3) is 65.5 Å². The molecular weight excluding hydrogens is 763 g/mol. The second-order valence-corrected chi connectivity index (χ2v) is 17.7. The Labute approximate surface area is 345 Å². The lowest BCUT2D eigenvalue weighted by molar-refractivity contribution is 0.579. The van der Waals surface area contributed by atoms with Crippen LogP contribution in [0.15, 0.2) is 210 Å². The first kappa shape index (κ1) is 35.1. The SMILES string of the molecule is O=S1(=O)c2ccccc2C(c2ccccc2)(c2cccc(-c3ccc(-c4nc(-c5ccccc5)nc(-c5ccc6sc7ccccc7c6c5)n4)cc3)c2)c2ccccc21. The standard InChI is InChI=1S/C52H33N3O2S2/c56-59(57)47-24-11-8-21-43(47)52(39-17-5-2-6-18-39,44-22-9-12-25-48(44)59)40-19-13-16-37(32-40)34-26-28-36(29-27-34)50-53-49(35-14-3-1-4-15-35)54-51(55-50)38-30-31-46-42(33-38)41-20-7-10-23-45(41)58-46/h1-33H. The highest BCUT2D eigenvalue weighted by Gasteiger charge is 2.48. The molecule has 59 heavy (non-hydrogen) atoms. The molecule has 0 fully saturated rings. The molecule has 0 unspecified atom stereocenters. The van der Waals surface area contributed by atoms with Crippen LogP contribution in [0, 0.1) is 0 Å². The minimum atomic E-state index is -3.76. The summed E-state index contributed by atoms with van der Waals surface area (Å²) in [4.78, 5) is 15.7. The molecule has 1 aliphatic heterocycles. The summed E-state index contributed by atoms with van der Waals surface area (Å²) in [5, 5.41) is 2.41. The first-order chi connectivity index (χ1) is 29.0. The lowest BCUT2D eigenvalue weighted by atomic mass is 9.64. The van der Waals surface area contributed by atoms with Gasteiger partial charge in [0.25, 0.3) is 0 Å². The Kier molecular flexibility index (Phi) is 8.22. The van der Waals surface area contributed by atoms with E-state index < -0.39 is 15.3 Å². The largest absolute Gasteiger partial charge is 0.218 e. The Bertz CT molecular complexity index is 3290. The van der Waals surface area contributed by atoms with Crippen LogP contribution < -0.4 is 0 Å². The molecule has 0 spiro atoms. The smallest absolute Gasteiger partial charge is 0.207 e. The number of benzene rings is 8. The lowest BCUT2D eigenvalue weighted by Gasteiger charge is -2.41. The molecular formula is C52H33N3O2S2. The van der Waals surface area contributed by atoms with Crippen molar-refractivity contribution >= 4 is 41.3 Å².